The zero-order chi connectivity index (χ0) is 25.2. The Morgan fingerprint density at radius 3 is 2.25 bits per heavy atom. The van der Waals surface area contributed by atoms with E-state index in [-0.39, 0.29) is 5.91 Å². The number of thiocarbonyl (C=S) groups is 1. The van der Waals surface area contributed by atoms with Gasteiger partial charge < -0.3 is 18.9 Å². The fraction of sp³-hybridized carbons (Fsp3) is 0.214. The van der Waals surface area contributed by atoms with E-state index in [9.17, 15) is 4.79 Å². The van der Waals surface area contributed by atoms with Crippen molar-refractivity contribution in [1.29, 1.82) is 0 Å². The van der Waals surface area contributed by atoms with Crippen LogP contribution in [0.3, 0.4) is 0 Å². The highest BCUT2D eigenvalue weighted by molar-refractivity contribution is 8.27. The van der Waals surface area contributed by atoms with E-state index in [2.05, 4.69) is 0 Å². The zero-order valence-electron chi connectivity index (χ0n) is 19.9. The summed E-state index contributed by atoms with van der Waals surface area (Å²) in [4.78, 5) is 15.1. The van der Waals surface area contributed by atoms with E-state index in [0.29, 0.717) is 53.8 Å². The van der Waals surface area contributed by atoms with Crippen LogP contribution in [0.15, 0.2) is 83.8 Å². The molecule has 0 aliphatic carbocycles. The molecule has 0 aromatic heterocycles. The van der Waals surface area contributed by atoms with E-state index in [1.165, 1.54) is 11.8 Å². The van der Waals surface area contributed by atoms with E-state index >= 15 is 0 Å². The SMILES string of the molecule is CCOc1cc(/C=C2/SC(=S)N(c3ccccc3)C2=O)ccc1OCCOCCOc1ccccc1. The first-order valence-electron chi connectivity index (χ1n) is 11.6. The van der Waals surface area contributed by atoms with Gasteiger partial charge in [-0.3, -0.25) is 9.69 Å². The van der Waals surface area contributed by atoms with Crippen molar-refractivity contribution in [3.63, 3.8) is 0 Å². The summed E-state index contributed by atoms with van der Waals surface area (Å²) in [6.07, 6.45) is 1.82. The van der Waals surface area contributed by atoms with Gasteiger partial charge in [0.1, 0.15) is 19.0 Å². The van der Waals surface area contributed by atoms with Gasteiger partial charge in [0.2, 0.25) is 0 Å². The van der Waals surface area contributed by atoms with Gasteiger partial charge >= 0.3 is 0 Å². The number of ether oxygens (including phenoxy) is 4. The van der Waals surface area contributed by atoms with E-state index in [1.54, 1.807) is 4.90 Å². The lowest BCUT2D eigenvalue weighted by atomic mass is 10.1. The highest BCUT2D eigenvalue weighted by atomic mass is 32.2. The lowest BCUT2D eigenvalue weighted by Crippen LogP contribution is -2.27. The average molecular weight is 522 g/mol. The molecule has 1 heterocycles. The molecule has 0 radical (unpaired) electrons. The second-order valence-electron chi connectivity index (χ2n) is 7.61. The van der Waals surface area contributed by atoms with Gasteiger partial charge in [-0.25, -0.2) is 0 Å². The fourth-order valence-electron chi connectivity index (χ4n) is 3.47. The smallest absolute Gasteiger partial charge is 0.270 e. The van der Waals surface area contributed by atoms with Gasteiger partial charge in [-0.05, 0) is 55.0 Å². The summed E-state index contributed by atoms with van der Waals surface area (Å²) in [7, 11) is 0. The standard InChI is InChI=1S/C28H27NO5S2/c1-2-32-25-19-21(20-26-27(30)29(28(35)36-26)22-9-5-3-6-10-22)13-14-24(25)34-18-16-31-15-17-33-23-11-7-4-8-12-23/h3-14,19-20H,2,15-18H2,1H3/b26-20+. The lowest BCUT2D eigenvalue weighted by Gasteiger charge is -2.14. The Morgan fingerprint density at radius 2 is 1.53 bits per heavy atom. The second-order valence-corrected chi connectivity index (χ2v) is 9.29. The normalized spacial score (nSPS) is 14.4. The molecule has 1 aliphatic rings. The minimum absolute atomic E-state index is 0.136. The predicted octanol–water partition coefficient (Wildman–Crippen LogP) is 5.97. The van der Waals surface area contributed by atoms with Crippen molar-refractivity contribution >= 4 is 46.0 Å². The van der Waals surface area contributed by atoms with E-state index < -0.39 is 0 Å². The van der Waals surface area contributed by atoms with Crippen molar-refractivity contribution in [2.24, 2.45) is 0 Å². The minimum Gasteiger partial charge on any atom is -0.491 e. The second kappa shape index (κ2) is 13.1. The third kappa shape index (κ3) is 6.87. The number of amides is 1. The van der Waals surface area contributed by atoms with Crippen LogP contribution in [0.25, 0.3) is 6.08 Å². The summed E-state index contributed by atoms with van der Waals surface area (Å²) in [6, 6.07) is 24.6. The molecule has 3 aromatic rings. The predicted molar refractivity (Wildman–Crippen MR) is 148 cm³/mol. The summed E-state index contributed by atoms with van der Waals surface area (Å²) in [5.74, 6) is 1.91. The molecule has 186 valence electrons. The highest BCUT2D eigenvalue weighted by Crippen LogP contribution is 2.37. The molecule has 3 aromatic carbocycles. The van der Waals surface area contributed by atoms with Gasteiger partial charge in [-0.2, -0.15) is 0 Å². The van der Waals surface area contributed by atoms with Crippen LogP contribution in [0.2, 0.25) is 0 Å². The molecule has 8 heteroatoms. The zero-order valence-corrected chi connectivity index (χ0v) is 21.6. The first-order valence-corrected chi connectivity index (χ1v) is 12.9. The molecule has 0 unspecified atom stereocenters. The maximum absolute atomic E-state index is 13.0. The molecule has 36 heavy (non-hydrogen) atoms. The number of carbonyl (C=O) groups excluding carboxylic acids is 1. The molecule has 0 atom stereocenters. The molecule has 0 spiro atoms. The first kappa shape index (κ1) is 25.8. The third-order valence-electron chi connectivity index (χ3n) is 5.10. The van der Waals surface area contributed by atoms with Crippen LogP contribution < -0.4 is 19.1 Å². The fourth-order valence-corrected chi connectivity index (χ4v) is 4.77. The van der Waals surface area contributed by atoms with Crippen molar-refractivity contribution < 1.29 is 23.7 Å². The number of nitrogens with zero attached hydrogens (tertiary/aromatic N) is 1. The monoisotopic (exact) mass is 521 g/mol. The van der Waals surface area contributed by atoms with Crippen molar-refractivity contribution in [1.82, 2.24) is 0 Å². The van der Waals surface area contributed by atoms with E-state index in [4.69, 9.17) is 31.2 Å². The molecule has 1 amide bonds. The number of carbonyl (C=O) groups is 1. The van der Waals surface area contributed by atoms with Gasteiger partial charge in [0.15, 0.2) is 15.8 Å². The van der Waals surface area contributed by atoms with Gasteiger partial charge in [-0.15, -0.1) is 0 Å². The Morgan fingerprint density at radius 1 is 0.833 bits per heavy atom. The Balaban J connectivity index is 1.31. The van der Waals surface area contributed by atoms with Crippen molar-refractivity contribution in [2.75, 3.05) is 37.9 Å². The minimum atomic E-state index is -0.136. The number of para-hydroxylation sites is 2. The largest absolute Gasteiger partial charge is 0.491 e. The molecule has 6 nitrogen and oxygen atoms in total. The number of anilines is 1. The van der Waals surface area contributed by atoms with Gasteiger partial charge in [0, 0.05) is 0 Å². The summed E-state index contributed by atoms with van der Waals surface area (Å²) in [6.45, 7) is 4.14. The van der Waals surface area contributed by atoms with Crippen LogP contribution in [-0.4, -0.2) is 43.3 Å². The van der Waals surface area contributed by atoms with Crippen molar-refractivity contribution in [2.45, 2.75) is 6.92 Å². The maximum atomic E-state index is 13.0. The molecule has 0 bridgehead atoms. The number of benzene rings is 3. The van der Waals surface area contributed by atoms with Crippen LogP contribution in [0.1, 0.15) is 12.5 Å². The molecule has 1 fully saturated rings. The molecular weight excluding hydrogens is 494 g/mol. The van der Waals surface area contributed by atoms with Gasteiger partial charge in [0.05, 0.1) is 30.4 Å². The topological polar surface area (TPSA) is 57.2 Å². The Bertz CT molecular complexity index is 1200. The number of thioether (sulfide) groups is 1. The molecule has 4 rings (SSSR count). The molecule has 1 aliphatic heterocycles. The summed E-state index contributed by atoms with van der Waals surface area (Å²) >= 11 is 6.74. The van der Waals surface area contributed by atoms with Crippen LogP contribution >= 0.6 is 24.0 Å². The Hall–Kier alpha value is -3.33. The Kier molecular flexibility index (Phi) is 9.38. The maximum Gasteiger partial charge on any atom is 0.270 e. The van der Waals surface area contributed by atoms with E-state index in [1.807, 2.05) is 91.9 Å². The summed E-state index contributed by atoms with van der Waals surface area (Å²) < 4.78 is 23.4. The average Bonchev–Trinajstić information content (AvgIpc) is 3.18. The molecular formula is C28H27NO5S2. The van der Waals surface area contributed by atoms with Crippen LogP contribution in [0.4, 0.5) is 5.69 Å². The van der Waals surface area contributed by atoms with Gasteiger partial charge in [0.25, 0.3) is 5.91 Å². The molecule has 0 saturated carbocycles. The molecule has 0 N–H and O–H groups in total. The van der Waals surface area contributed by atoms with Gasteiger partial charge in [-0.1, -0.05) is 66.4 Å². The number of hydrogen-bond acceptors (Lipinski definition) is 7. The van der Waals surface area contributed by atoms with Crippen LogP contribution in [-0.2, 0) is 9.53 Å². The van der Waals surface area contributed by atoms with Crippen LogP contribution in [0, 0.1) is 0 Å². The number of rotatable bonds is 12. The van der Waals surface area contributed by atoms with Crippen molar-refractivity contribution in [3.8, 4) is 17.2 Å². The lowest BCUT2D eigenvalue weighted by molar-refractivity contribution is -0.113. The van der Waals surface area contributed by atoms with Crippen LogP contribution in [0.5, 0.6) is 17.2 Å². The summed E-state index contributed by atoms with van der Waals surface area (Å²) in [5.41, 5.74) is 1.59. The Labute approximate surface area is 220 Å². The third-order valence-corrected chi connectivity index (χ3v) is 6.40. The summed E-state index contributed by atoms with van der Waals surface area (Å²) in [5, 5.41) is 0. The van der Waals surface area contributed by atoms with E-state index in [0.717, 1.165) is 17.0 Å². The quantitative estimate of drug-likeness (QED) is 0.165. The van der Waals surface area contributed by atoms with Crippen molar-refractivity contribution in [3.05, 3.63) is 89.3 Å². The number of hydrogen-bond donors (Lipinski definition) is 0. The first-order chi connectivity index (χ1) is 17.7. The highest BCUT2D eigenvalue weighted by Gasteiger charge is 2.33. The molecule has 1 saturated heterocycles.